The Morgan fingerprint density at radius 3 is 2.18 bits per heavy atom. The second-order valence-corrected chi connectivity index (χ2v) is 3.86. The number of Topliss-reactive ketones (excluding diaryl/α,β-unsaturated/α-hetero) is 1. The van der Waals surface area contributed by atoms with Crippen molar-refractivity contribution in [3.05, 3.63) is 23.8 Å². The van der Waals surface area contributed by atoms with Gasteiger partial charge in [-0.1, -0.05) is 13.3 Å². The zero-order valence-corrected chi connectivity index (χ0v) is 10.5. The van der Waals surface area contributed by atoms with Gasteiger partial charge < -0.3 is 15.2 Å². The monoisotopic (exact) mass is 237 g/mol. The average Bonchev–Trinajstić information content (AvgIpc) is 2.37. The second-order valence-electron chi connectivity index (χ2n) is 3.86. The third kappa shape index (κ3) is 3.46. The van der Waals surface area contributed by atoms with Crippen LogP contribution in [-0.4, -0.2) is 26.0 Å². The number of hydrogen-bond acceptors (Lipinski definition) is 4. The molecule has 1 rings (SSSR count). The van der Waals surface area contributed by atoms with Gasteiger partial charge in [-0.2, -0.15) is 0 Å². The number of rotatable bonds is 6. The predicted octanol–water partition coefficient (Wildman–Crippen LogP) is 2.01. The normalized spacial score (nSPS) is 12.0. The van der Waals surface area contributed by atoms with Gasteiger partial charge in [-0.05, 0) is 18.6 Å². The van der Waals surface area contributed by atoms with Crippen LogP contribution in [0, 0.1) is 0 Å². The highest BCUT2D eigenvalue weighted by atomic mass is 16.5. The van der Waals surface area contributed by atoms with E-state index in [1.54, 1.807) is 32.4 Å². The average molecular weight is 237 g/mol. The van der Waals surface area contributed by atoms with Crippen molar-refractivity contribution < 1.29 is 14.3 Å². The topological polar surface area (TPSA) is 61.6 Å². The number of methoxy groups -OCH3 is 2. The molecule has 1 aromatic carbocycles. The predicted molar refractivity (Wildman–Crippen MR) is 66.8 cm³/mol. The molecule has 0 radical (unpaired) electrons. The van der Waals surface area contributed by atoms with Gasteiger partial charge in [-0.15, -0.1) is 0 Å². The number of benzene rings is 1. The smallest absolute Gasteiger partial charge is 0.179 e. The van der Waals surface area contributed by atoms with Crippen molar-refractivity contribution in [3.63, 3.8) is 0 Å². The van der Waals surface area contributed by atoms with Gasteiger partial charge in [0, 0.05) is 11.6 Å². The van der Waals surface area contributed by atoms with Crippen molar-refractivity contribution in [3.8, 4) is 11.5 Å². The van der Waals surface area contributed by atoms with Gasteiger partial charge in [0.25, 0.3) is 0 Å². The van der Waals surface area contributed by atoms with Gasteiger partial charge in [-0.3, -0.25) is 4.79 Å². The molecule has 0 amide bonds. The van der Waals surface area contributed by atoms with Crippen molar-refractivity contribution >= 4 is 5.78 Å². The molecule has 0 spiro atoms. The lowest BCUT2D eigenvalue weighted by molar-refractivity contribution is 0.0956. The van der Waals surface area contributed by atoms with E-state index in [4.69, 9.17) is 15.2 Å². The fraction of sp³-hybridized carbons (Fsp3) is 0.462. The second kappa shape index (κ2) is 6.25. The van der Waals surface area contributed by atoms with Gasteiger partial charge in [0.2, 0.25) is 0 Å². The Kier molecular flexibility index (Phi) is 4.97. The van der Waals surface area contributed by atoms with Gasteiger partial charge in [-0.25, -0.2) is 0 Å². The molecule has 4 nitrogen and oxygen atoms in total. The van der Waals surface area contributed by atoms with E-state index in [0.717, 1.165) is 6.42 Å². The SMILES string of the molecule is CCCC(N)C(=O)c1cc(OC)cc(OC)c1. The molecule has 2 N–H and O–H groups in total. The number of carbonyl (C=O) groups excluding carboxylic acids is 1. The van der Waals surface area contributed by atoms with Crippen molar-refractivity contribution in [2.24, 2.45) is 5.73 Å². The largest absolute Gasteiger partial charge is 0.497 e. The van der Waals surface area contributed by atoms with E-state index in [1.165, 1.54) is 0 Å². The Hall–Kier alpha value is -1.55. The molecule has 0 bridgehead atoms. The number of hydrogen-bond donors (Lipinski definition) is 1. The number of nitrogens with two attached hydrogens (primary N) is 1. The maximum Gasteiger partial charge on any atom is 0.179 e. The Morgan fingerprint density at radius 1 is 1.24 bits per heavy atom. The Morgan fingerprint density at radius 2 is 1.76 bits per heavy atom. The molecule has 94 valence electrons. The zero-order valence-electron chi connectivity index (χ0n) is 10.5. The molecule has 0 aliphatic heterocycles. The lowest BCUT2D eigenvalue weighted by Gasteiger charge is -2.11. The van der Waals surface area contributed by atoms with Gasteiger partial charge in [0.05, 0.1) is 20.3 Å². The molecule has 0 saturated heterocycles. The summed E-state index contributed by atoms with van der Waals surface area (Å²) in [6.45, 7) is 2.00. The van der Waals surface area contributed by atoms with E-state index in [-0.39, 0.29) is 5.78 Å². The molecule has 1 atom stereocenters. The lowest BCUT2D eigenvalue weighted by atomic mass is 10.0. The van der Waals surface area contributed by atoms with E-state index in [2.05, 4.69) is 0 Å². The Labute approximate surface area is 102 Å². The van der Waals surface area contributed by atoms with Crippen molar-refractivity contribution in [1.82, 2.24) is 0 Å². The molecule has 0 heterocycles. The van der Waals surface area contributed by atoms with Crippen LogP contribution >= 0.6 is 0 Å². The quantitative estimate of drug-likeness (QED) is 0.769. The summed E-state index contributed by atoms with van der Waals surface area (Å²) >= 11 is 0. The summed E-state index contributed by atoms with van der Waals surface area (Å²) in [7, 11) is 3.10. The molecule has 0 fully saturated rings. The maximum absolute atomic E-state index is 12.0. The molecule has 17 heavy (non-hydrogen) atoms. The Bertz CT molecular complexity index is 368. The molecule has 1 aromatic rings. The molecule has 0 aromatic heterocycles. The van der Waals surface area contributed by atoms with Crippen LogP contribution in [0.15, 0.2) is 18.2 Å². The first-order valence-corrected chi connectivity index (χ1v) is 5.65. The summed E-state index contributed by atoms with van der Waals surface area (Å²) in [6, 6.07) is 4.62. The van der Waals surface area contributed by atoms with E-state index in [0.29, 0.717) is 23.5 Å². The molecular formula is C13H19NO3. The number of ether oxygens (including phenoxy) is 2. The first-order valence-electron chi connectivity index (χ1n) is 5.65. The summed E-state index contributed by atoms with van der Waals surface area (Å²) in [5.74, 6) is 1.11. The minimum Gasteiger partial charge on any atom is -0.497 e. The third-order valence-corrected chi connectivity index (χ3v) is 2.57. The highest BCUT2D eigenvalue weighted by Gasteiger charge is 2.16. The van der Waals surface area contributed by atoms with Crippen LogP contribution in [0.25, 0.3) is 0 Å². The summed E-state index contributed by atoms with van der Waals surface area (Å²) < 4.78 is 10.2. The van der Waals surface area contributed by atoms with Crippen LogP contribution in [-0.2, 0) is 0 Å². The molecule has 1 unspecified atom stereocenters. The summed E-state index contributed by atoms with van der Waals surface area (Å²) in [5.41, 5.74) is 6.34. The van der Waals surface area contributed by atoms with Crippen molar-refractivity contribution in [2.75, 3.05) is 14.2 Å². The van der Waals surface area contributed by atoms with Crippen molar-refractivity contribution in [1.29, 1.82) is 0 Å². The first-order chi connectivity index (χ1) is 8.12. The number of ketones is 1. The first kappa shape index (κ1) is 13.5. The summed E-state index contributed by atoms with van der Waals surface area (Å²) in [5, 5.41) is 0. The van der Waals surface area contributed by atoms with Gasteiger partial charge in [0.15, 0.2) is 5.78 Å². The minimum atomic E-state index is -0.461. The number of carbonyl (C=O) groups is 1. The van der Waals surface area contributed by atoms with Gasteiger partial charge >= 0.3 is 0 Å². The minimum absolute atomic E-state index is 0.0796. The van der Waals surface area contributed by atoms with Crippen LogP contribution in [0.2, 0.25) is 0 Å². The Balaban J connectivity index is 2.99. The fourth-order valence-electron chi connectivity index (χ4n) is 1.61. The highest BCUT2D eigenvalue weighted by Crippen LogP contribution is 2.23. The van der Waals surface area contributed by atoms with Crippen LogP contribution in [0.1, 0.15) is 30.1 Å². The van der Waals surface area contributed by atoms with Gasteiger partial charge in [0.1, 0.15) is 11.5 Å². The van der Waals surface area contributed by atoms with E-state index in [1.807, 2.05) is 6.92 Å². The summed E-state index contributed by atoms with van der Waals surface area (Å²) in [4.78, 5) is 12.0. The third-order valence-electron chi connectivity index (χ3n) is 2.57. The van der Waals surface area contributed by atoms with Crippen molar-refractivity contribution in [2.45, 2.75) is 25.8 Å². The van der Waals surface area contributed by atoms with E-state index >= 15 is 0 Å². The standard InChI is InChI=1S/C13H19NO3/c1-4-5-12(14)13(15)9-6-10(16-2)8-11(7-9)17-3/h6-8,12H,4-5,14H2,1-3H3. The molecular weight excluding hydrogens is 218 g/mol. The zero-order chi connectivity index (χ0) is 12.8. The van der Waals surface area contributed by atoms with Crippen LogP contribution < -0.4 is 15.2 Å². The molecule has 0 aliphatic carbocycles. The molecule has 0 saturated carbocycles. The van der Waals surface area contributed by atoms with E-state index < -0.39 is 6.04 Å². The molecule has 0 aliphatic rings. The van der Waals surface area contributed by atoms with E-state index in [9.17, 15) is 4.79 Å². The highest BCUT2D eigenvalue weighted by molar-refractivity contribution is 6.00. The van der Waals surface area contributed by atoms with Crippen LogP contribution in [0.4, 0.5) is 0 Å². The summed E-state index contributed by atoms with van der Waals surface area (Å²) in [6.07, 6.45) is 1.56. The molecule has 4 heteroatoms. The van der Waals surface area contributed by atoms with Crippen LogP contribution in [0.5, 0.6) is 11.5 Å². The fourth-order valence-corrected chi connectivity index (χ4v) is 1.61. The maximum atomic E-state index is 12.0. The van der Waals surface area contributed by atoms with Crippen LogP contribution in [0.3, 0.4) is 0 Å². The lowest BCUT2D eigenvalue weighted by Crippen LogP contribution is -2.30.